The highest BCUT2D eigenvalue weighted by molar-refractivity contribution is 5.17. The molecule has 1 heterocycles. The van der Waals surface area contributed by atoms with Gasteiger partial charge in [-0.3, -0.25) is 0 Å². The topological polar surface area (TPSA) is 35.5 Å². The number of hydrogen-bond donors (Lipinski definition) is 2. The molecule has 0 bridgehead atoms. The molecule has 0 unspecified atom stereocenters. The van der Waals surface area contributed by atoms with E-state index in [1.807, 2.05) is 6.07 Å². The molecule has 106 valence electrons. The van der Waals surface area contributed by atoms with Crippen molar-refractivity contribution < 1.29 is 9.50 Å². The summed E-state index contributed by atoms with van der Waals surface area (Å²) in [6, 6.07) is 6.75. The summed E-state index contributed by atoms with van der Waals surface area (Å²) in [5, 5.41) is 13.7. The second-order valence-electron chi connectivity index (χ2n) is 5.39. The summed E-state index contributed by atoms with van der Waals surface area (Å²) in [7, 11) is 0. The van der Waals surface area contributed by atoms with Gasteiger partial charge in [0.1, 0.15) is 5.82 Å². The van der Waals surface area contributed by atoms with Crippen LogP contribution in [0.5, 0.6) is 0 Å². The van der Waals surface area contributed by atoms with Gasteiger partial charge >= 0.3 is 0 Å². The van der Waals surface area contributed by atoms with Crippen LogP contribution in [0.4, 0.5) is 4.39 Å². The van der Waals surface area contributed by atoms with E-state index in [1.165, 1.54) is 6.07 Å². The van der Waals surface area contributed by atoms with E-state index in [0.717, 1.165) is 25.9 Å². The number of β-amino-alcohol motifs (C(OH)–C–C–N with tert-alkyl or cyclic N) is 1. The number of piperidine rings is 1. The molecule has 0 aliphatic carbocycles. The largest absolute Gasteiger partial charge is 0.387 e. The van der Waals surface area contributed by atoms with Crippen LogP contribution in [-0.4, -0.2) is 41.8 Å². The van der Waals surface area contributed by atoms with Gasteiger partial charge in [-0.2, -0.15) is 0 Å². The fourth-order valence-electron chi connectivity index (χ4n) is 2.69. The first kappa shape index (κ1) is 14.4. The Balaban J connectivity index is 1.83. The second-order valence-corrected chi connectivity index (χ2v) is 5.39. The normalized spacial score (nSPS) is 24.6. The lowest BCUT2D eigenvalue weighted by molar-refractivity contribution is -0.0280. The van der Waals surface area contributed by atoms with Gasteiger partial charge in [-0.25, -0.2) is 4.39 Å². The number of aliphatic hydroxyl groups is 1. The Morgan fingerprint density at radius 3 is 2.95 bits per heavy atom. The van der Waals surface area contributed by atoms with Gasteiger partial charge in [0.15, 0.2) is 0 Å². The molecule has 0 amide bonds. The zero-order valence-electron chi connectivity index (χ0n) is 11.5. The summed E-state index contributed by atoms with van der Waals surface area (Å²) in [6.45, 7) is 5.81. The van der Waals surface area contributed by atoms with Crippen molar-refractivity contribution in [3.8, 4) is 0 Å². The monoisotopic (exact) mass is 266 g/mol. The van der Waals surface area contributed by atoms with Crippen molar-refractivity contribution in [2.75, 3.05) is 26.2 Å². The van der Waals surface area contributed by atoms with Gasteiger partial charge in [0.05, 0.1) is 5.60 Å². The number of nitrogens with zero attached hydrogens (tertiary/aromatic N) is 1. The van der Waals surface area contributed by atoms with Crippen molar-refractivity contribution in [2.45, 2.75) is 31.9 Å². The molecule has 0 aromatic heterocycles. The van der Waals surface area contributed by atoms with Gasteiger partial charge in [-0.1, -0.05) is 25.1 Å². The highest BCUT2D eigenvalue weighted by atomic mass is 19.1. The first-order valence-electron chi connectivity index (χ1n) is 7.02. The van der Waals surface area contributed by atoms with Crippen LogP contribution in [0.15, 0.2) is 24.3 Å². The highest BCUT2D eigenvalue weighted by Gasteiger charge is 2.32. The van der Waals surface area contributed by atoms with Crippen LogP contribution in [0.25, 0.3) is 0 Å². The molecule has 1 atom stereocenters. The van der Waals surface area contributed by atoms with E-state index in [-0.39, 0.29) is 5.82 Å². The maximum Gasteiger partial charge on any atom is 0.127 e. The highest BCUT2D eigenvalue weighted by Crippen LogP contribution is 2.20. The van der Waals surface area contributed by atoms with Gasteiger partial charge in [0, 0.05) is 25.2 Å². The summed E-state index contributed by atoms with van der Waals surface area (Å²) in [5.74, 6) is -0.194. The van der Waals surface area contributed by atoms with Crippen LogP contribution in [0.2, 0.25) is 0 Å². The molecule has 1 aliphatic heterocycles. The molecule has 19 heavy (non-hydrogen) atoms. The average molecular weight is 266 g/mol. The number of halogens is 1. The Bertz CT molecular complexity index is 413. The SMILES string of the molecule is CCN1CCC[C@@](O)(CNCc2ccccc2F)C1. The molecule has 1 saturated heterocycles. The summed E-state index contributed by atoms with van der Waals surface area (Å²) < 4.78 is 13.5. The summed E-state index contributed by atoms with van der Waals surface area (Å²) >= 11 is 0. The fraction of sp³-hybridized carbons (Fsp3) is 0.600. The lowest BCUT2D eigenvalue weighted by Crippen LogP contribution is -2.53. The molecule has 1 aromatic carbocycles. The maximum atomic E-state index is 13.5. The lowest BCUT2D eigenvalue weighted by Gasteiger charge is -2.39. The van der Waals surface area contributed by atoms with Crippen LogP contribution >= 0.6 is 0 Å². The number of hydrogen-bond acceptors (Lipinski definition) is 3. The van der Waals surface area contributed by atoms with Crippen LogP contribution in [0.3, 0.4) is 0 Å². The van der Waals surface area contributed by atoms with Crippen molar-refractivity contribution in [1.29, 1.82) is 0 Å². The quantitative estimate of drug-likeness (QED) is 0.852. The van der Waals surface area contributed by atoms with E-state index in [1.54, 1.807) is 12.1 Å². The van der Waals surface area contributed by atoms with Gasteiger partial charge in [0.2, 0.25) is 0 Å². The number of nitrogens with one attached hydrogen (secondary N) is 1. The van der Waals surface area contributed by atoms with E-state index >= 15 is 0 Å². The van der Waals surface area contributed by atoms with Crippen LogP contribution in [-0.2, 0) is 6.54 Å². The Hall–Kier alpha value is -0.970. The third-order valence-electron chi connectivity index (χ3n) is 3.81. The standard InChI is InChI=1S/C15H23FN2O/c1-2-18-9-5-8-15(19,12-18)11-17-10-13-6-3-4-7-14(13)16/h3-4,6-7,17,19H,2,5,8-12H2,1H3/t15-/m1/s1. The van der Waals surface area contributed by atoms with Gasteiger partial charge < -0.3 is 15.3 Å². The molecule has 1 fully saturated rings. The first-order chi connectivity index (χ1) is 9.13. The van der Waals surface area contributed by atoms with E-state index in [2.05, 4.69) is 17.1 Å². The van der Waals surface area contributed by atoms with Crippen LogP contribution in [0.1, 0.15) is 25.3 Å². The second kappa shape index (κ2) is 6.46. The predicted molar refractivity (Wildman–Crippen MR) is 74.4 cm³/mol. The molecule has 4 heteroatoms. The summed E-state index contributed by atoms with van der Waals surface area (Å²) in [5.41, 5.74) is -0.0336. The molecule has 1 aromatic rings. The maximum absolute atomic E-state index is 13.5. The minimum atomic E-state index is -0.681. The minimum Gasteiger partial charge on any atom is -0.387 e. The van der Waals surface area contributed by atoms with Crippen LogP contribution in [0, 0.1) is 5.82 Å². The van der Waals surface area contributed by atoms with Gasteiger partial charge in [0.25, 0.3) is 0 Å². The van der Waals surface area contributed by atoms with E-state index in [4.69, 9.17) is 0 Å². The molecule has 2 rings (SSSR count). The van der Waals surface area contributed by atoms with E-state index in [9.17, 15) is 9.50 Å². The van der Waals surface area contributed by atoms with Crippen molar-refractivity contribution in [1.82, 2.24) is 10.2 Å². The zero-order chi connectivity index (χ0) is 13.7. The third-order valence-corrected chi connectivity index (χ3v) is 3.81. The lowest BCUT2D eigenvalue weighted by atomic mass is 9.92. The number of benzene rings is 1. The van der Waals surface area contributed by atoms with Gasteiger partial charge in [-0.05, 0) is 32.0 Å². The molecule has 0 spiro atoms. The Morgan fingerprint density at radius 1 is 1.42 bits per heavy atom. The third kappa shape index (κ3) is 4.00. The number of likely N-dealkylation sites (tertiary alicyclic amines) is 1. The molecule has 0 saturated carbocycles. The molecule has 2 N–H and O–H groups in total. The number of likely N-dealkylation sites (N-methyl/N-ethyl adjacent to an activating group) is 1. The number of rotatable bonds is 5. The van der Waals surface area contributed by atoms with E-state index in [0.29, 0.717) is 25.2 Å². The predicted octanol–water partition coefficient (Wildman–Crippen LogP) is 1.76. The molecule has 1 aliphatic rings. The Labute approximate surface area is 114 Å². The molecular weight excluding hydrogens is 243 g/mol. The Morgan fingerprint density at radius 2 is 2.21 bits per heavy atom. The first-order valence-corrected chi connectivity index (χ1v) is 7.02. The summed E-state index contributed by atoms with van der Waals surface area (Å²) in [4.78, 5) is 2.26. The van der Waals surface area contributed by atoms with Gasteiger partial charge in [-0.15, -0.1) is 0 Å². The molecule has 0 radical (unpaired) electrons. The fourth-order valence-corrected chi connectivity index (χ4v) is 2.69. The summed E-state index contributed by atoms with van der Waals surface area (Å²) in [6.07, 6.45) is 1.83. The zero-order valence-corrected chi connectivity index (χ0v) is 11.5. The van der Waals surface area contributed by atoms with Crippen molar-refractivity contribution in [3.63, 3.8) is 0 Å². The van der Waals surface area contributed by atoms with Crippen molar-refractivity contribution in [2.24, 2.45) is 0 Å². The van der Waals surface area contributed by atoms with E-state index < -0.39 is 5.60 Å². The smallest absolute Gasteiger partial charge is 0.127 e. The molecule has 3 nitrogen and oxygen atoms in total. The minimum absolute atomic E-state index is 0.194. The van der Waals surface area contributed by atoms with Crippen molar-refractivity contribution in [3.05, 3.63) is 35.6 Å². The average Bonchev–Trinajstić information content (AvgIpc) is 2.41. The Kier molecular flexibility index (Phi) is 4.91. The molecular formula is C15H23FN2O. The van der Waals surface area contributed by atoms with Crippen molar-refractivity contribution >= 4 is 0 Å². The van der Waals surface area contributed by atoms with Crippen LogP contribution < -0.4 is 5.32 Å².